The second-order valence-electron chi connectivity index (χ2n) is 5.96. The van der Waals surface area contributed by atoms with E-state index in [0.29, 0.717) is 11.8 Å². The summed E-state index contributed by atoms with van der Waals surface area (Å²) in [6.45, 7) is 8.01. The Morgan fingerprint density at radius 2 is 1.91 bits per heavy atom. The first-order chi connectivity index (χ1) is 10.7. The highest BCUT2D eigenvalue weighted by molar-refractivity contribution is 5.69. The van der Waals surface area contributed by atoms with E-state index in [1.54, 1.807) is 0 Å². The van der Waals surface area contributed by atoms with E-state index in [9.17, 15) is 4.79 Å². The number of unbranched alkanes of at least 4 members (excludes halogenated alkanes) is 2. The van der Waals surface area contributed by atoms with Gasteiger partial charge in [0.15, 0.2) is 0 Å². The zero-order valence-corrected chi connectivity index (χ0v) is 13.8. The van der Waals surface area contributed by atoms with Crippen molar-refractivity contribution in [3.8, 4) is 5.75 Å². The van der Waals surface area contributed by atoms with Gasteiger partial charge in [-0.05, 0) is 24.1 Å². The van der Waals surface area contributed by atoms with Gasteiger partial charge in [-0.25, -0.2) is 0 Å². The lowest BCUT2D eigenvalue weighted by Crippen LogP contribution is -2.45. The summed E-state index contributed by atoms with van der Waals surface area (Å²) >= 11 is 0. The van der Waals surface area contributed by atoms with E-state index in [-0.39, 0.29) is 5.97 Å². The average Bonchev–Trinajstić information content (AvgIpc) is 2.53. The molecule has 0 saturated carbocycles. The van der Waals surface area contributed by atoms with E-state index in [2.05, 4.69) is 29.3 Å². The van der Waals surface area contributed by atoms with E-state index in [1.807, 2.05) is 12.1 Å². The maximum Gasteiger partial charge on any atom is 0.308 e. The summed E-state index contributed by atoms with van der Waals surface area (Å²) < 4.78 is 5.13. The molecule has 0 unspecified atom stereocenters. The first kappa shape index (κ1) is 17.0. The van der Waals surface area contributed by atoms with Crippen LogP contribution in [0.4, 0.5) is 0 Å². The maximum absolute atomic E-state index is 11.0. The first-order valence-electron chi connectivity index (χ1n) is 8.44. The first-order valence-corrected chi connectivity index (χ1v) is 8.44. The fraction of sp³-hybridized carbons (Fsp3) is 0.611. The Bertz CT molecular complexity index is 453. The van der Waals surface area contributed by atoms with Crippen molar-refractivity contribution in [2.75, 3.05) is 26.2 Å². The molecule has 1 aromatic carbocycles. The Balaban J connectivity index is 2.06. The molecule has 1 heterocycles. The van der Waals surface area contributed by atoms with Crippen LogP contribution < -0.4 is 10.1 Å². The van der Waals surface area contributed by atoms with Gasteiger partial charge < -0.3 is 10.1 Å². The molecule has 0 amide bonds. The predicted molar refractivity (Wildman–Crippen MR) is 89.1 cm³/mol. The van der Waals surface area contributed by atoms with E-state index < -0.39 is 0 Å². The number of ether oxygens (including phenoxy) is 1. The quantitative estimate of drug-likeness (QED) is 0.477. The topological polar surface area (TPSA) is 41.6 Å². The van der Waals surface area contributed by atoms with Gasteiger partial charge in [-0.2, -0.15) is 0 Å². The summed E-state index contributed by atoms with van der Waals surface area (Å²) in [6, 6.07) is 8.51. The van der Waals surface area contributed by atoms with Crippen LogP contribution in [0.25, 0.3) is 0 Å². The van der Waals surface area contributed by atoms with Gasteiger partial charge in [0.05, 0.1) is 0 Å². The molecule has 4 nitrogen and oxygen atoms in total. The van der Waals surface area contributed by atoms with Crippen molar-refractivity contribution in [2.45, 2.75) is 45.6 Å². The number of hydrogen-bond donors (Lipinski definition) is 1. The number of rotatable bonds is 7. The minimum absolute atomic E-state index is 0.269. The third kappa shape index (κ3) is 5.11. The zero-order valence-electron chi connectivity index (χ0n) is 13.8. The third-order valence-electron chi connectivity index (χ3n) is 4.20. The highest BCUT2D eigenvalue weighted by Crippen LogP contribution is 2.28. The second-order valence-corrected chi connectivity index (χ2v) is 5.96. The van der Waals surface area contributed by atoms with Crippen LogP contribution in [0.15, 0.2) is 24.3 Å². The number of hydrogen-bond acceptors (Lipinski definition) is 4. The second kappa shape index (κ2) is 8.91. The molecule has 1 N–H and O–H groups in total. The molecule has 0 radical (unpaired) electrons. The van der Waals surface area contributed by atoms with Gasteiger partial charge in [0, 0.05) is 39.1 Å². The van der Waals surface area contributed by atoms with Crippen LogP contribution in [-0.2, 0) is 4.79 Å². The Hall–Kier alpha value is -1.39. The van der Waals surface area contributed by atoms with Crippen molar-refractivity contribution in [2.24, 2.45) is 0 Å². The monoisotopic (exact) mass is 304 g/mol. The van der Waals surface area contributed by atoms with E-state index >= 15 is 0 Å². The number of piperazine rings is 1. The van der Waals surface area contributed by atoms with Crippen LogP contribution in [-0.4, -0.2) is 37.0 Å². The Morgan fingerprint density at radius 1 is 1.23 bits per heavy atom. The number of esters is 1. The van der Waals surface area contributed by atoms with Crippen molar-refractivity contribution < 1.29 is 9.53 Å². The molecule has 0 spiro atoms. The van der Waals surface area contributed by atoms with Crippen LogP contribution in [0.5, 0.6) is 5.75 Å². The van der Waals surface area contributed by atoms with Crippen LogP contribution in [0.2, 0.25) is 0 Å². The van der Waals surface area contributed by atoms with Gasteiger partial charge in [0.1, 0.15) is 5.75 Å². The molecule has 22 heavy (non-hydrogen) atoms. The Labute approximate surface area is 133 Å². The molecule has 122 valence electrons. The highest BCUT2D eigenvalue weighted by Gasteiger charge is 2.21. The fourth-order valence-electron chi connectivity index (χ4n) is 3.07. The summed E-state index contributed by atoms with van der Waals surface area (Å²) in [4.78, 5) is 13.6. The largest absolute Gasteiger partial charge is 0.427 e. The molecule has 2 rings (SSSR count). The molecule has 1 saturated heterocycles. The van der Waals surface area contributed by atoms with Crippen LogP contribution in [0, 0.1) is 0 Å². The van der Waals surface area contributed by atoms with Crippen molar-refractivity contribution >= 4 is 5.97 Å². The molecular formula is C18H28N2O2. The van der Waals surface area contributed by atoms with Crippen LogP contribution in [0.1, 0.15) is 51.1 Å². The van der Waals surface area contributed by atoms with Gasteiger partial charge in [-0.1, -0.05) is 38.3 Å². The average molecular weight is 304 g/mol. The minimum atomic E-state index is -0.269. The van der Waals surface area contributed by atoms with Gasteiger partial charge in [0.2, 0.25) is 0 Å². The molecule has 1 aliphatic heterocycles. The van der Waals surface area contributed by atoms with Gasteiger partial charge >= 0.3 is 5.97 Å². The fourth-order valence-corrected chi connectivity index (χ4v) is 3.07. The normalized spacial score (nSPS) is 17.2. The smallest absolute Gasteiger partial charge is 0.308 e. The number of carbonyl (C=O) groups excluding carboxylic acids is 1. The molecule has 1 fully saturated rings. The Kier molecular flexibility index (Phi) is 6.87. The van der Waals surface area contributed by atoms with E-state index in [4.69, 9.17) is 4.74 Å². The van der Waals surface area contributed by atoms with Gasteiger partial charge in [0.25, 0.3) is 0 Å². The van der Waals surface area contributed by atoms with Crippen molar-refractivity contribution in [1.82, 2.24) is 10.2 Å². The van der Waals surface area contributed by atoms with Crippen molar-refractivity contribution in [3.63, 3.8) is 0 Å². The van der Waals surface area contributed by atoms with Crippen LogP contribution >= 0.6 is 0 Å². The molecule has 1 atom stereocenters. The molecule has 0 bridgehead atoms. The number of carbonyl (C=O) groups is 1. The summed E-state index contributed by atoms with van der Waals surface area (Å²) in [6.07, 6.45) is 4.99. The van der Waals surface area contributed by atoms with E-state index in [1.165, 1.54) is 38.2 Å². The van der Waals surface area contributed by atoms with Crippen molar-refractivity contribution in [3.05, 3.63) is 29.8 Å². The van der Waals surface area contributed by atoms with Crippen molar-refractivity contribution in [1.29, 1.82) is 0 Å². The summed E-state index contributed by atoms with van der Waals surface area (Å²) in [7, 11) is 0. The van der Waals surface area contributed by atoms with Gasteiger partial charge in [-0.15, -0.1) is 0 Å². The summed E-state index contributed by atoms with van der Waals surface area (Å²) in [5.74, 6) is 0.359. The SMILES string of the molecule is CCCCC[C@H](c1ccc(OC(C)=O)cc1)N1CCNCC1. The van der Waals surface area contributed by atoms with E-state index in [0.717, 1.165) is 26.2 Å². The third-order valence-corrected chi connectivity index (χ3v) is 4.20. The van der Waals surface area contributed by atoms with Gasteiger partial charge in [-0.3, -0.25) is 9.69 Å². The molecular weight excluding hydrogens is 276 g/mol. The summed E-state index contributed by atoms with van der Waals surface area (Å²) in [5, 5.41) is 3.42. The number of nitrogens with one attached hydrogen (secondary N) is 1. The number of benzene rings is 1. The van der Waals surface area contributed by atoms with Crippen LogP contribution in [0.3, 0.4) is 0 Å². The lowest BCUT2D eigenvalue weighted by atomic mass is 9.98. The standard InChI is InChI=1S/C18H28N2O2/c1-3-4-5-6-18(20-13-11-19-12-14-20)16-7-9-17(10-8-16)22-15(2)21/h7-10,18-19H,3-6,11-14H2,1-2H3/t18-/m1/s1. The predicted octanol–water partition coefficient (Wildman–Crippen LogP) is 3.14. The lowest BCUT2D eigenvalue weighted by molar-refractivity contribution is -0.131. The number of nitrogens with zero attached hydrogens (tertiary/aromatic N) is 1. The summed E-state index contributed by atoms with van der Waals surface area (Å²) in [5.41, 5.74) is 1.33. The molecule has 0 aromatic heterocycles. The minimum Gasteiger partial charge on any atom is -0.427 e. The molecule has 1 aliphatic rings. The Morgan fingerprint density at radius 3 is 2.50 bits per heavy atom. The zero-order chi connectivity index (χ0) is 15.8. The maximum atomic E-state index is 11.0. The molecule has 0 aliphatic carbocycles. The molecule has 4 heteroatoms. The lowest BCUT2D eigenvalue weighted by Gasteiger charge is -2.35. The highest BCUT2D eigenvalue weighted by atomic mass is 16.5. The molecule has 1 aromatic rings.